The second kappa shape index (κ2) is 7.29. The van der Waals surface area contributed by atoms with Crippen LogP contribution in [0.15, 0.2) is 12.1 Å². The number of carboxylic acid groups (broad SMARTS) is 1. The summed E-state index contributed by atoms with van der Waals surface area (Å²) in [6, 6.07) is 2.48. The molecule has 0 saturated heterocycles. The van der Waals surface area contributed by atoms with Gasteiger partial charge in [-0.1, -0.05) is 0 Å². The average molecular weight is 285 g/mol. The molecule has 2 N–H and O–H groups in total. The lowest BCUT2D eigenvalue weighted by molar-refractivity contribution is -0.385. The van der Waals surface area contributed by atoms with Crippen molar-refractivity contribution in [3.05, 3.63) is 27.8 Å². The third kappa shape index (κ3) is 4.09. The number of aliphatic hydroxyl groups excluding tert-OH is 1. The molecule has 1 rings (SSSR count). The number of hydrogen-bond acceptors (Lipinski definition) is 6. The van der Waals surface area contributed by atoms with E-state index in [1.54, 1.807) is 0 Å². The van der Waals surface area contributed by atoms with Crippen LogP contribution < -0.4 is 9.47 Å². The van der Waals surface area contributed by atoms with Crippen LogP contribution in [-0.2, 0) is 11.4 Å². The summed E-state index contributed by atoms with van der Waals surface area (Å²) >= 11 is 0. The second-order valence-corrected chi connectivity index (χ2v) is 3.89. The van der Waals surface area contributed by atoms with Gasteiger partial charge in [0.25, 0.3) is 5.69 Å². The van der Waals surface area contributed by atoms with Gasteiger partial charge in [-0.3, -0.25) is 14.9 Å². The maximum absolute atomic E-state index is 10.9. The van der Waals surface area contributed by atoms with E-state index >= 15 is 0 Å². The predicted molar refractivity (Wildman–Crippen MR) is 67.9 cm³/mol. The largest absolute Gasteiger partial charge is 0.493 e. The molecule has 0 fully saturated rings. The molecule has 0 atom stereocenters. The third-order valence-electron chi connectivity index (χ3n) is 2.52. The molecule has 0 aliphatic rings. The van der Waals surface area contributed by atoms with E-state index in [-0.39, 0.29) is 42.2 Å². The molecule has 8 nitrogen and oxygen atoms in total. The summed E-state index contributed by atoms with van der Waals surface area (Å²) < 4.78 is 10.3. The maximum atomic E-state index is 10.9. The Balaban J connectivity index is 2.90. The highest BCUT2D eigenvalue weighted by Crippen LogP contribution is 2.34. The highest BCUT2D eigenvalue weighted by Gasteiger charge is 2.19. The summed E-state index contributed by atoms with van der Waals surface area (Å²) in [5, 5.41) is 28.5. The van der Waals surface area contributed by atoms with Crippen molar-refractivity contribution in [2.45, 2.75) is 19.4 Å². The molecular weight excluding hydrogens is 270 g/mol. The first kappa shape index (κ1) is 15.7. The molecule has 0 heterocycles. The van der Waals surface area contributed by atoms with Gasteiger partial charge in [0.2, 0.25) is 0 Å². The minimum absolute atomic E-state index is 0.0564. The summed E-state index contributed by atoms with van der Waals surface area (Å²) in [6.45, 7) is -0.399. The Bertz CT molecular complexity index is 501. The summed E-state index contributed by atoms with van der Waals surface area (Å²) in [4.78, 5) is 20.6. The van der Waals surface area contributed by atoms with Crippen molar-refractivity contribution in [1.82, 2.24) is 0 Å². The SMILES string of the molecule is COc1cc(CO)c([N+](=O)[O-])cc1OCCCC(=O)O. The molecule has 0 aliphatic heterocycles. The molecule has 8 heteroatoms. The molecule has 1 aromatic carbocycles. The predicted octanol–water partition coefficient (Wildman–Crippen LogP) is 1.34. The van der Waals surface area contributed by atoms with E-state index < -0.39 is 17.5 Å². The van der Waals surface area contributed by atoms with Crippen LogP contribution >= 0.6 is 0 Å². The number of aliphatic carboxylic acids is 1. The summed E-state index contributed by atoms with van der Waals surface area (Å²) in [6.07, 6.45) is 0.215. The Kier molecular flexibility index (Phi) is 5.73. The first-order chi connectivity index (χ1) is 9.49. The van der Waals surface area contributed by atoms with Crippen LogP contribution in [0.4, 0.5) is 5.69 Å². The number of hydrogen-bond donors (Lipinski definition) is 2. The van der Waals surface area contributed by atoms with E-state index in [1.807, 2.05) is 0 Å². The maximum Gasteiger partial charge on any atom is 0.303 e. The van der Waals surface area contributed by atoms with E-state index in [4.69, 9.17) is 19.7 Å². The topological polar surface area (TPSA) is 119 Å². The Labute approximate surface area is 114 Å². The summed E-state index contributed by atoms with van der Waals surface area (Å²) in [7, 11) is 1.37. The zero-order chi connectivity index (χ0) is 15.1. The van der Waals surface area contributed by atoms with Crippen LogP contribution in [0.3, 0.4) is 0 Å². The van der Waals surface area contributed by atoms with Crippen LogP contribution in [0.1, 0.15) is 18.4 Å². The number of carboxylic acids is 1. The molecule has 0 amide bonds. The van der Waals surface area contributed by atoms with Gasteiger partial charge in [-0.25, -0.2) is 0 Å². The number of ether oxygens (including phenoxy) is 2. The third-order valence-corrected chi connectivity index (χ3v) is 2.52. The van der Waals surface area contributed by atoms with Crippen molar-refractivity contribution in [2.75, 3.05) is 13.7 Å². The number of nitro groups is 1. The molecule has 110 valence electrons. The molecule has 0 radical (unpaired) electrons. The molecule has 0 bridgehead atoms. The number of benzene rings is 1. The lowest BCUT2D eigenvalue weighted by atomic mass is 10.1. The Morgan fingerprint density at radius 3 is 2.60 bits per heavy atom. The lowest BCUT2D eigenvalue weighted by Crippen LogP contribution is -2.04. The lowest BCUT2D eigenvalue weighted by Gasteiger charge is -2.11. The Hall–Kier alpha value is -2.35. The average Bonchev–Trinajstić information content (AvgIpc) is 2.42. The van der Waals surface area contributed by atoms with Crippen molar-refractivity contribution in [3.63, 3.8) is 0 Å². The van der Waals surface area contributed by atoms with E-state index in [0.717, 1.165) is 6.07 Å². The van der Waals surface area contributed by atoms with Gasteiger partial charge in [-0.15, -0.1) is 0 Å². The van der Waals surface area contributed by atoms with Crippen molar-refractivity contribution < 1.29 is 29.4 Å². The second-order valence-electron chi connectivity index (χ2n) is 3.89. The summed E-state index contributed by atoms with van der Waals surface area (Å²) in [5.74, 6) is -0.557. The standard InChI is InChI=1S/C12H15NO7/c1-19-10-5-8(7-14)9(13(17)18)6-11(10)20-4-2-3-12(15)16/h5-6,14H,2-4,7H2,1H3,(H,15,16). The van der Waals surface area contributed by atoms with Crippen LogP contribution in [0.2, 0.25) is 0 Å². The molecular formula is C12H15NO7. The van der Waals surface area contributed by atoms with Gasteiger partial charge in [0.15, 0.2) is 11.5 Å². The number of aliphatic hydroxyl groups is 1. The minimum atomic E-state index is -0.942. The first-order valence-corrected chi connectivity index (χ1v) is 5.80. The molecule has 0 aromatic heterocycles. The van der Waals surface area contributed by atoms with Gasteiger partial charge in [0.05, 0.1) is 36.9 Å². The monoisotopic (exact) mass is 285 g/mol. The molecule has 0 aliphatic carbocycles. The number of nitrogens with zero attached hydrogens (tertiary/aromatic N) is 1. The van der Waals surface area contributed by atoms with E-state index in [9.17, 15) is 14.9 Å². The molecule has 0 spiro atoms. The fourth-order valence-electron chi connectivity index (χ4n) is 1.57. The highest BCUT2D eigenvalue weighted by molar-refractivity contribution is 5.66. The van der Waals surface area contributed by atoms with Gasteiger partial charge in [-0.2, -0.15) is 0 Å². The normalized spacial score (nSPS) is 10.1. The fraction of sp³-hybridized carbons (Fsp3) is 0.417. The van der Waals surface area contributed by atoms with Crippen molar-refractivity contribution >= 4 is 11.7 Å². The quantitative estimate of drug-likeness (QED) is 0.420. The van der Waals surface area contributed by atoms with Crippen molar-refractivity contribution in [2.24, 2.45) is 0 Å². The van der Waals surface area contributed by atoms with Crippen LogP contribution in [-0.4, -0.2) is 34.8 Å². The van der Waals surface area contributed by atoms with E-state index in [1.165, 1.54) is 13.2 Å². The Morgan fingerprint density at radius 2 is 2.10 bits per heavy atom. The van der Waals surface area contributed by atoms with Gasteiger partial charge >= 0.3 is 5.97 Å². The van der Waals surface area contributed by atoms with Gasteiger partial charge < -0.3 is 19.7 Å². The highest BCUT2D eigenvalue weighted by atomic mass is 16.6. The van der Waals surface area contributed by atoms with Crippen LogP contribution in [0.5, 0.6) is 11.5 Å². The van der Waals surface area contributed by atoms with Crippen LogP contribution in [0, 0.1) is 10.1 Å². The molecule has 0 saturated carbocycles. The molecule has 1 aromatic rings. The smallest absolute Gasteiger partial charge is 0.303 e. The molecule has 20 heavy (non-hydrogen) atoms. The Morgan fingerprint density at radius 1 is 1.40 bits per heavy atom. The van der Waals surface area contributed by atoms with Gasteiger partial charge in [0.1, 0.15) is 0 Å². The van der Waals surface area contributed by atoms with Gasteiger partial charge in [-0.05, 0) is 12.5 Å². The zero-order valence-corrected chi connectivity index (χ0v) is 10.9. The van der Waals surface area contributed by atoms with Crippen LogP contribution in [0.25, 0.3) is 0 Å². The van der Waals surface area contributed by atoms with Crippen molar-refractivity contribution in [3.8, 4) is 11.5 Å². The number of nitro benzene ring substituents is 1. The van der Waals surface area contributed by atoms with E-state index in [2.05, 4.69) is 0 Å². The van der Waals surface area contributed by atoms with Crippen molar-refractivity contribution in [1.29, 1.82) is 0 Å². The van der Waals surface area contributed by atoms with E-state index in [0.29, 0.717) is 0 Å². The summed E-state index contributed by atoms with van der Waals surface area (Å²) in [5.41, 5.74) is -0.161. The molecule has 0 unspecified atom stereocenters. The first-order valence-electron chi connectivity index (χ1n) is 5.80. The van der Waals surface area contributed by atoms with Gasteiger partial charge in [0, 0.05) is 6.42 Å². The number of carbonyl (C=O) groups is 1. The zero-order valence-electron chi connectivity index (χ0n) is 10.9. The number of rotatable bonds is 8. The number of methoxy groups -OCH3 is 1. The fourth-order valence-corrected chi connectivity index (χ4v) is 1.57. The minimum Gasteiger partial charge on any atom is -0.493 e.